The van der Waals surface area contributed by atoms with Gasteiger partial charge >= 0.3 is 0 Å². The topological polar surface area (TPSA) is 51.0 Å². The predicted octanol–water partition coefficient (Wildman–Crippen LogP) is 3.56. The molecule has 5 heteroatoms. The number of hydrogen-bond acceptors (Lipinski definition) is 3. The van der Waals surface area contributed by atoms with Gasteiger partial charge in [0.25, 0.3) is 0 Å². The molecule has 5 rings (SSSR count). The molecule has 1 fully saturated rings. The van der Waals surface area contributed by atoms with Crippen molar-refractivity contribution in [3.63, 3.8) is 0 Å². The zero-order valence-corrected chi connectivity index (χ0v) is 13.6. The highest BCUT2D eigenvalue weighted by Gasteiger charge is 2.26. The number of anilines is 1. The monoisotopic (exact) mass is 319 g/mol. The van der Waals surface area contributed by atoms with Crippen molar-refractivity contribution in [2.75, 3.05) is 18.1 Å². The molecule has 2 aliphatic rings. The average Bonchev–Trinajstić information content (AvgIpc) is 3.04. The van der Waals surface area contributed by atoms with Gasteiger partial charge in [-0.2, -0.15) is 5.10 Å². The van der Waals surface area contributed by atoms with E-state index in [0.29, 0.717) is 0 Å². The Kier molecular flexibility index (Phi) is 3.11. The number of rotatable bonds is 5. The van der Waals surface area contributed by atoms with Crippen molar-refractivity contribution in [1.29, 1.82) is 0 Å². The molecule has 0 radical (unpaired) electrons. The minimum absolute atomic E-state index is 0.718. The number of nitrogens with one attached hydrogen (secondary N) is 2. The summed E-state index contributed by atoms with van der Waals surface area (Å²) < 4.78 is 0. The van der Waals surface area contributed by atoms with Crippen LogP contribution in [-0.4, -0.2) is 33.3 Å². The Balaban J connectivity index is 1.22. The SMILES string of the molecule is C1=CN(c2cc(C3CC3)[nH]n2)CN1CCc1c[nH]c2ccccc12. The van der Waals surface area contributed by atoms with Gasteiger partial charge in [-0.15, -0.1) is 0 Å². The molecule has 2 N–H and O–H groups in total. The van der Waals surface area contributed by atoms with Crippen molar-refractivity contribution in [2.24, 2.45) is 0 Å². The highest BCUT2D eigenvalue weighted by molar-refractivity contribution is 5.83. The Labute approximate surface area is 141 Å². The summed E-state index contributed by atoms with van der Waals surface area (Å²) in [6.45, 7) is 1.88. The molecular formula is C19H21N5. The molecule has 3 heterocycles. The van der Waals surface area contributed by atoms with Gasteiger partial charge in [-0.25, -0.2) is 0 Å². The number of para-hydroxylation sites is 1. The lowest BCUT2D eigenvalue weighted by atomic mass is 10.1. The molecule has 0 atom stereocenters. The largest absolute Gasteiger partial charge is 0.361 e. The summed E-state index contributed by atoms with van der Waals surface area (Å²) in [5.74, 6) is 1.75. The van der Waals surface area contributed by atoms with Crippen molar-refractivity contribution >= 4 is 16.7 Å². The van der Waals surface area contributed by atoms with Gasteiger partial charge in [-0.05, 0) is 30.9 Å². The maximum Gasteiger partial charge on any atom is 0.156 e. The van der Waals surface area contributed by atoms with Crippen LogP contribution < -0.4 is 4.90 Å². The minimum atomic E-state index is 0.718. The highest BCUT2D eigenvalue weighted by atomic mass is 15.4. The van der Waals surface area contributed by atoms with Crippen molar-refractivity contribution in [1.82, 2.24) is 20.1 Å². The van der Waals surface area contributed by atoms with E-state index in [4.69, 9.17) is 0 Å². The van der Waals surface area contributed by atoms with Crippen LogP contribution in [0.2, 0.25) is 0 Å². The Morgan fingerprint density at radius 2 is 2.08 bits per heavy atom. The first kappa shape index (κ1) is 13.7. The standard InChI is InChI=1S/C19H21N5/c1-2-4-17-16(3-1)15(12-20-17)7-8-23-9-10-24(13-23)19-11-18(21-22-19)14-5-6-14/h1-4,9-12,14,20H,5-8,13H2,(H,21,22). The van der Waals surface area contributed by atoms with E-state index in [9.17, 15) is 0 Å². The lowest BCUT2D eigenvalue weighted by Gasteiger charge is -2.19. The van der Waals surface area contributed by atoms with Gasteiger partial charge in [0, 0.05) is 53.7 Å². The van der Waals surface area contributed by atoms with Gasteiger partial charge in [0.2, 0.25) is 0 Å². The summed E-state index contributed by atoms with van der Waals surface area (Å²) in [6, 6.07) is 10.7. The van der Waals surface area contributed by atoms with Crippen LogP contribution in [-0.2, 0) is 6.42 Å². The van der Waals surface area contributed by atoms with E-state index in [1.807, 2.05) is 0 Å². The number of nitrogens with zero attached hydrogens (tertiary/aromatic N) is 3. The van der Waals surface area contributed by atoms with Gasteiger partial charge in [0.15, 0.2) is 5.82 Å². The Morgan fingerprint density at radius 1 is 1.17 bits per heavy atom. The van der Waals surface area contributed by atoms with E-state index in [-0.39, 0.29) is 0 Å². The lowest BCUT2D eigenvalue weighted by Crippen LogP contribution is -2.26. The third-order valence-corrected chi connectivity index (χ3v) is 5.03. The molecule has 0 amide bonds. The van der Waals surface area contributed by atoms with Crippen LogP contribution in [0.15, 0.2) is 48.9 Å². The van der Waals surface area contributed by atoms with E-state index >= 15 is 0 Å². The zero-order chi connectivity index (χ0) is 15.9. The number of aromatic nitrogens is 3. The summed E-state index contributed by atoms with van der Waals surface area (Å²) in [7, 11) is 0. The molecule has 2 aromatic heterocycles. The minimum Gasteiger partial charge on any atom is -0.361 e. The van der Waals surface area contributed by atoms with Crippen molar-refractivity contribution in [3.05, 3.63) is 60.2 Å². The maximum atomic E-state index is 4.46. The van der Waals surface area contributed by atoms with E-state index < -0.39 is 0 Å². The van der Waals surface area contributed by atoms with Gasteiger partial charge in [0.1, 0.15) is 0 Å². The zero-order valence-electron chi connectivity index (χ0n) is 13.6. The molecule has 0 unspecified atom stereocenters. The van der Waals surface area contributed by atoms with Gasteiger partial charge in [0.05, 0.1) is 6.67 Å². The van der Waals surface area contributed by atoms with Gasteiger partial charge in [-0.3, -0.25) is 5.10 Å². The van der Waals surface area contributed by atoms with E-state index in [1.54, 1.807) is 0 Å². The Morgan fingerprint density at radius 3 is 3.00 bits per heavy atom. The Hall–Kier alpha value is -2.69. The Bertz CT molecular complexity index is 886. The van der Waals surface area contributed by atoms with E-state index in [2.05, 4.69) is 73.9 Å². The highest BCUT2D eigenvalue weighted by Crippen LogP contribution is 2.40. The molecule has 0 saturated heterocycles. The van der Waals surface area contributed by atoms with Crippen LogP contribution in [0.4, 0.5) is 5.82 Å². The summed E-state index contributed by atoms with van der Waals surface area (Å²) in [4.78, 5) is 7.90. The second-order valence-corrected chi connectivity index (χ2v) is 6.79. The van der Waals surface area contributed by atoms with Crippen molar-refractivity contribution < 1.29 is 0 Å². The maximum absolute atomic E-state index is 4.46. The van der Waals surface area contributed by atoms with Crippen molar-refractivity contribution in [3.8, 4) is 0 Å². The van der Waals surface area contributed by atoms with Crippen LogP contribution >= 0.6 is 0 Å². The van der Waals surface area contributed by atoms with Crippen LogP contribution in [0.3, 0.4) is 0 Å². The van der Waals surface area contributed by atoms with Crippen LogP contribution in [0.5, 0.6) is 0 Å². The van der Waals surface area contributed by atoms with Crippen LogP contribution in [0, 0.1) is 0 Å². The lowest BCUT2D eigenvalue weighted by molar-refractivity contribution is 0.410. The average molecular weight is 319 g/mol. The normalized spacial score (nSPS) is 17.3. The molecule has 1 aromatic carbocycles. The first-order chi connectivity index (χ1) is 11.9. The number of benzene rings is 1. The molecule has 1 aliphatic carbocycles. The molecular weight excluding hydrogens is 298 g/mol. The number of hydrogen-bond donors (Lipinski definition) is 2. The fourth-order valence-electron chi connectivity index (χ4n) is 3.44. The molecule has 3 aromatic rings. The molecule has 0 bridgehead atoms. The fourth-order valence-corrected chi connectivity index (χ4v) is 3.44. The second kappa shape index (κ2) is 5.44. The molecule has 5 nitrogen and oxygen atoms in total. The smallest absolute Gasteiger partial charge is 0.156 e. The number of aromatic amines is 2. The van der Waals surface area contributed by atoms with Gasteiger partial charge in [-0.1, -0.05) is 18.2 Å². The summed E-state index contributed by atoms with van der Waals surface area (Å²) in [6.07, 6.45) is 10.1. The second-order valence-electron chi connectivity index (χ2n) is 6.79. The first-order valence-corrected chi connectivity index (χ1v) is 8.66. The summed E-state index contributed by atoms with van der Waals surface area (Å²) >= 11 is 0. The summed E-state index contributed by atoms with van der Waals surface area (Å²) in [5.41, 5.74) is 3.89. The molecule has 122 valence electrons. The third-order valence-electron chi connectivity index (χ3n) is 5.03. The molecule has 1 aliphatic heterocycles. The first-order valence-electron chi connectivity index (χ1n) is 8.66. The van der Waals surface area contributed by atoms with E-state index in [1.165, 1.54) is 35.0 Å². The fraction of sp³-hybridized carbons (Fsp3) is 0.316. The van der Waals surface area contributed by atoms with Crippen molar-refractivity contribution in [2.45, 2.75) is 25.2 Å². The molecule has 0 spiro atoms. The number of fused-ring (bicyclic) bond motifs is 1. The van der Waals surface area contributed by atoms with Crippen LogP contribution in [0.25, 0.3) is 10.9 Å². The van der Waals surface area contributed by atoms with Gasteiger partial charge < -0.3 is 14.8 Å². The van der Waals surface area contributed by atoms with Crippen LogP contribution in [0.1, 0.15) is 30.0 Å². The molecule has 24 heavy (non-hydrogen) atoms. The number of H-pyrrole nitrogens is 2. The quantitative estimate of drug-likeness (QED) is 0.756. The van der Waals surface area contributed by atoms with E-state index in [0.717, 1.165) is 31.4 Å². The third kappa shape index (κ3) is 2.46. The molecule has 1 saturated carbocycles. The predicted molar refractivity (Wildman–Crippen MR) is 95.8 cm³/mol. The summed E-state index contributed by atoms with van der Waals surface area (Å²) in [5, 5.41) is 8.98.